The van der Waals surface area contributed by atoms with E-state index in [1.165, 1.54) is 11.3 Å². The molecule has 0 amide bonds. The summed E-state index contributed by atoms with van der Waals surface area (Å²) in [5.41, 5.74) is 1.54. The van der Waals surface area contributed by atoms with E-state index >= 15 is 0 Å². The van der Waals surface area contributed by atoms with Crippen molar-refractivity contribution in [2.24, 2.45) is 0 Å². The van der Waals surface area contributed by atoms with Crippen molar-refractivity contribution in [2.45, 2.75) is 6.92 Å². The Hall–Kier alpha value is -2.21. The monoisotopic (exact) mass is 273 g/mol. The molecule has 0 saturated heterocycles. The Balaban J connectivity index is 2.18. The first-order chi connectivity index (χ1) is 9.20. The summed E-state index contributed by atoms with van der Waals surface area (Å²) in [5, 5.41) is 4.19. The lowest BCUT2D eigenvalue weighted by Gasteiger charge is -2.03. The summed E-state index contributed by atoms with van der Waals surface area (Å²) in [5.74, 6) is 0.581. The van der Waals surface area contributed by atoms with Gasteiger partial charge in [-0.15, -0.1) is 11.3 Å². The summed E-state index contributed by atoms with van der Waals surface area (Å²) in [6.45, 7) is 1.54. The minimum Gasteiger partial charge on any atom is -0.481 e. The Morgan fingerprint density at radius 1 is 1.47 bits per heavy atom. The summed E-state index contributed by atoms with van der Waals surface area (Å²) in [4.78, 5) is 17.5. The number of hydrogen-bond donors (Lipinski definition) is 0. The van der Waals surface area contributed by atoms with Crippen LogP contribution in [0.2, 0.25) is 0 Å². The average molecular weight is 273 g/mol. The molecular weight excluding hydrogens is 262 g/mol. The van der Waals surface area contributed by atoms with Gasteiger partial charge in [-0.05, 0) is 19.1 Å². The number of carbonyl (C=O) groups excluding carboxylic acids is 1. The van der Waals surface area contributed by atoms with E-state index in [9.17, 15) is 4.79 Å². The van der Waals surface area contributed by atoms with Crippen LogP contribution in [0.25, 0.3) is 15.3 Å². The van der Waals surface area contributed by atoms with Crippen LogP contribution in [0, 0.1) is 0 Å². The van der Waals surface area contributed by atoms with E-state index in [2.05, 4.69) is 10.1 Å². The molecule has 5 nitrogen and oxygen atoms in total. The lowest BCUT2D eigenvalue weighted by molar-refractivity contribution is 0.101. The van der Waals surface area contributed by atoms with Gasteiger partial charge >= 0.3 is 0 Å². The molecule has 3 aromatic rings. The van der Waals surface area contributed by atoms with E-state index in [0.717, 1.165) is 15.3 Å². The predicted molar refractivity (Wildman–Crippen MR) is 72.9 cm³/mol. The summed E-state index contributed by atoms with van der Waals surface area (Å²) in [6.07, 6.45) is 5.16. The fraction of sp³-hybridized carbons (Fsp3) is 0.154. The number of nitrogens with zero attached hydrogens (tertiary/aromatic N) is 3. The Morgan fingerprint density at radius 3 is 3.05 bits per heavy atom. The fourth-order valence-corrected chi connectivity index (χ4v) is 3.02. The normalized spacial score (nSPS) is 10.8. The van der Waals surface area contributed by atoms with Crippen molar-refractivity contribution in [3.63, 3.8) is 0 Å². The molecule has 0 spiro atoms. The largest absolute Gasteiger partial charge is 0.481 e. The number of thiazole rings is 1. The van der Waals surface area contributed by atoms with Gasteiger partial charge in [-0.25, -0.2) is 9.50 Å². The smallest absolute Gasteiger partial charge is 0.221 e. The minimum atomic E-state index is 0.0153. The molecule has 0 aliphatic rings. The van der Waals surface area contributed by atoms with Crippen LogP contribution in [0.3, 0.4) is 0 Å². The van der Waals surface area contributed by atoms with Crippen LogP contribution in [0.4, 0.5) is 0 Å². The Kier molecular flexibility index (Phi) is 2.79. The highest BCUT2D eigenvalue weighted by atomic mass is 32.1. The first-order valence-corrected chi connectivity index (χ1v) is 6.50. The van der Waals surface area contributed by atoms with Crippen LogP contribution in [0.1, 0.15) is 17.3 Å². The second kappa shape index (κ2) is 4.47. The number of fused-ring (bicyclic) bond motifs is 1. The Morgan fingerprint density at radius 2 is 2.32 bits per heavy atom. The van der Waals surface area contributed by atoms with Gasteiger partial charge in [-0.2, -0.15) is 5.10 Å². The molecule has 19 heavy (non-hydrogen) atoms. The highest BCUT2D eigenvalue weighted by Gasteiger charge is 2.15. The fourth-order valence-electron chi connectivity index (χ4n) is 1.89. The van der Waals surface area contributed by atoms with Gasteiger partial charge in [0.25, 0.3) is 0 Å². The van der Waals surface area contributed by atoms with Crippen molar-refractivity contribution < 1.29 is 9.53 Å². The van der Waals surface area contributed by atoms with Crippen LogP contribution >= 0.6 is 11.3 Å². The van der Waals surface area contributed by atoms with Crippen molar-refractivity contribution in [1.82, 2.24) is 14.6 Å². The Bertz CT molecular complexity index is 760. The minimum absolute atomic E-state index is 0.0153. The molecule has 0 atom stereocenters. The molecule has 96 valence electrons. The number of rotatable bonds is 3. The van der Waals surface area contributed by atoms with Gasteiger partial charge in [0.05, 0.1) is 29.3 Å². The zero-order valence-electron chi connectivity index (χ0n) is 10.5. The second-order valence-corrected chi connectivity index (χ2v) is 5.05. The first-order valence-electron chi connectivity index (χ1n) is 5.68. The van der Waals surface area contributed by atoms with Crippen molar-refractivity contribution in [3.05, 3.63) is 36.3 Å². The number of aromatic nitrogens is 3. The maximum absolute atomic E-state index is 11.5. The third-order valence-electron chi connectivity index (χ3n) is 2.81. The molecule has 0 bridgehead atoms. The Labute approximate surface area is 113 Å². The molecule has 0 aliphatic carbocycles. The SMILES string of the molecule is COc1ncccc1-c1cn2ncc(C(C)=O)c2s1. The molecular formula is C13H11N3O2S. The molecule has 0 N–H and O–H groups in total. The molecule has 0 aliphatic heterocycles. The van der Waals surface area contributed by atoms with Crippen molar-refractivity contribution in [1.29, 1.82) is 0 Å². The van der Waals surface area contributed by atoms with E-state index in [1.807, 2.05) is 18.3 Å². The van der Waals surface area contributed by atoms with Crippen LogP contribution in [-0.2, 0) is 0 Å². The molecule has 0 saturated carbocycles. The van der Waals surface area contributed by atoms with Gasteiger partial charge in [-0.1, -0.05) is 0 Å². The van der Waals surface area contributed by atoms with Gasteiger partial charge < -0.3 is 4.74 Å². The molecule has 0 unspecified atom stereocenters. The molecule has 3 heterocycles. The highest BCUT2D eigenvalue weighted by molar-refractivity contribution is 7.21. The number of methoxy groups -OCH3 is 1. The van der Waals surface area contributed by atoms with E-state index in [1.54, 1.807) is 30.9 Å². The number of hydrogen-bond acceptors (Lipinski definition) is 5. The average Bonchev–Trinajstić information content (AvgIpc) is 2.97. The molecule has 0 aromatic carbocycles. The van der Waals surface area contributed by atoms with Crippen molar-refractivity contribution in [2.75, 3.05) is 7.11 Å². The topological polar surface area (TPSA) is 56.5 Å². The van der Waals surface area contributed by atoms with Gasteiger partial charge in [0.1, 0.15) is 4.83 Å². The number of Topliss-reactive ketones (excluding diaryl/α,β-unsaturated/α-hetero) is 1. The van der Waals surface area contributed by atoms with E-state index in [-0.39, 0.29) is 5.78 Å². The molecule has 0 radical (unpaired) electrons. The van der Waals surface area contributed by atoms with Gasteiger partial charge in [0.15, 0.2) is 5.78 Å². The van der Waals surface area contributed by atoms with E-state index in [0.29, 0.717) is 11.4 Å². The van der Waals surface area contributed by atoms with E-state index < -0.39 is 0 Å². The standard InChI is InChI=1S/C13H11N3O2S/c1-8(17)10-6-15-16-7-11(19-13(10)16)9-4-3-5-14-12(9)18-2/h3-7H,1-2H3. The van der Waals surface area contributed by atoms with Crippen LogP contribution < -0.4 is 4.74 Å². The summed E-state index contributed by atoms with van der Waals surface area (Å²) in [7, 11) is 1.59. The third kappa shape index (κ3) is 1.90. The van der Waals surface area contributed by atoms with Crippen LogP contribution in [0.15, 0.2) is 30.7 Å². The van der Waals surface area contributed by atoms with Crippen LogP contribution in [0.5, 0.6) is 5.88 Å². The molecule has 3 aromatic heterocycles. The van der Waals surface area contributed by atoms with Gasteiger partial charge in [0, 0.05) is 12.4 Å². The zero-order valence-corrected chi connectivity index (χ0v) is 11.3. The number of ether oxygens (including phenoxy) is 1. The zero-order chi connectivity index (χ0) is 13.4. The molecule has 3 rings (SSSR count). The molecule has 0 fully saturated rings. The molecule has 6 heteroatoms. The quantitative estimate of drug-likeness (QED) is 0.688. The summed E-state index contributed by atoms with van der Waals surface area (Å²) in [6, 6.07) is 3.79. The highest BCUT2D eigenvalue weighted by Crippen LogP contribution is 2.34. The van der Waals surface area contributed by atoms with Crippen molar-refractivity contribution in [3.8, 4) is 16.3 Å². The predicted octanol–water partition coefficient (Wildman–Crippen LogP) is 2.67. The van der Waals surface area contributed by atoms with Crippen LogP contribution in [-0.4, -0.2) is 27.5 Å². The van der Waals surface area contributed by atoms with Crippen molar-refractivity contribution >= 4 is 22.0 Å². The number of carbonyl (C=O) groups is 1. The maximum Gasteiger partial charge on any atom is 0.221 e. The second-order valence-electron chi connectivity index (χ2n) is 4.02. The summed E-state index contributed by atoms with van der Waals surface area (Å²) >= 11 is 1.50. The first kappa shape index (κ1) is 11.9. The lowest BCUT2D eigenvalue weighted by Crippen LogP contribution is -1.89. The summed E-state index contributed by atoms with van der Waals surface area (Å²) < 4.78 is 6.96. The van der Waals surface area contributed by atoms with Gasteiger partial charge in [-0.3, -0.25) is 4.79 Å². The third-order valence-corrected chi connectivity index (χ3v) is 3.95. The maximum atomic E-state index is 11.5. The number of ketones is 1. The lowest BCUT2D eigenvalue weighted by atomic mass is 10.2. The number of pyridine rings is 1. The van der Waals surface area contributed by atoms with E-state index in [4.69, 9.17) is 4.74 Å². The van der Waals surface area contributed by atoms with Gasteiger partial charge in [0.2, 0.25) is 5.88 Å².